The van der Waals surface area contributed by atoms with Gasteiger partial charge in [-0.2, -0.15) is 13.2 Å². The lowest BCUT2D eigenvalue weighted by molar-refractivity contribution is -0.0952. The van der Waals surface area contributed by atoms with E-state index in [0.717, 1.165) is 73.5 Å². The zero-order chi connectivity index (χ0) is 25.1. The Balaban J connectivity index is 1.67. The van der Waals surface area contributed by atoms with Crippen LogP contribution in [0.4, 0.5) is 17.6 Å². The van der Waals surface area contributed by atoms with Gasteiger partial charge in [-0.05, 0) is 79.3 Å². The largest absolute Gasteiger partial charge is 0.412 e. The molecule has 0 aliphatic heterocycles. The van der Waals surface area contributed by atoms with Crippen molar-refractivity contribution in [2.24, 2.45) is 11.3 Å². The first-order valence-corrected chi connectivity index (χ1v) is 13.4. The van der Waals surface area contributed by atoms with Crippen LogP contribution in [0, 0.1) is 11.3 Å². The van der Waals surface area contributed by atoms with E-state index in [0.29, 0.717) is 17.6 Å². The van der Waals surface area contributed by atoms with Gasteiger partial charge in [-0.15, -0.1) is 0 Å². The Hall–Kier alpha value is -1.69. The summed E-state index contributed by atoms with van der Waals surface area (Å²) in [6, 6.07) is 0. The molecule has 0 amide bonds. The van der Waals surface area contributed by atoms with Crippen molar-refractivity contribution in [3.05, 3.63) is 51.4 Å². The molecule has 35 heavy (non-hydrogen) atoms. The lowest BCUT2D eigenvalue weighted by Gasteiger charge is -2.48. The number of allylic oxidation sites excluding steroid dienone is 4. The second kappa shape index (κ2) is 9.00. The fourth-order valence-electron chi connectivity index (χ4n) is 7.16. The third-order valence-corrected chi connectivity index (χ3v) is 9.13. The molecule has 0 aromatic carbocycles. The molecule has 0 bridgehead atoms. The van der Waals surface area contributed by atoms with E-state index in [1.165, 1.54) is 12.5 Å². The van der Waals surface area contributed by atoms with E-state index in [1.54, 1.807) is 6.92 Å². The van der Waals surface area contributed by atoms with Crippen molar-refractivity contribution in [2.75, 3.05) is 0 Å². The molecule has 3 atom stereocenters. The van der Waals surface area contributed by atoms with Gasteiger partial charge in [-0.1, -0.05) is 52.2 Å². The zero-order valence-corrected chi connectivity index (χ0v) is 21.0. The Morgan fingerprint density at radius 3 is 2.29 bits per heavy atom. The second-order valence-electron chi connectivity index (χ2n) is 11.9. The van der Waals surface area contributed by atoms with Crippen molar-refractivity contribution in [1.29, 1.82) is 0 Å². The first-order valence-electron chi connectivity index (χ1n) is 13.4. The van der Waals surface area contributed by atoms with Crippen molar-refractivity contribution in [1.82, 2.24) is 4.98 Å². The molecule has 1 aromatic heterocycles. The Morgan fingerprint density at radius 1 is 1.06 bits per heavy atom. The fourth-order valence-corrected chi connectivity index (χ4v) is 7.16. The number of fused-ring (bicyclic) bond motifs is 1. The number of hydrogen-bond donors (Lipinski definition) is 1. The molecule has 1 heterocycles. The second-order valence-corrected chi connectivity index (χ2v) is 11.9. The van der Waals surface area contributed by atoms with Crippen molar-refractivity contribution >= 4 is 0 Å². The monoisotopic (exact) mass is 491 g/mol. The first-order chi connectivity index (χ1) is 16.5. The van der Waals surface area contributed by atoms with Crippen LogP contribution in [0.15, 0.2) is 23.3 Å². The smallest absolute Gasteiger partial charge is 0.388 e. The first kappa shape index (κ1) is 25.0. The van der Waals surface area contributed by atoms with Crippen LogP contribution < -0.4 is 0 Å². The van der Waals surface area contributed by atoms with Crippen molar-refractivity contribution in [2.45, 2.75) is 115 Å². The minimum atomic E-state index is -4.39. The van der Waals surface area contributed by atoms with E-state index in [2.05, 4.69) is 0 Å². The highest BCUT2D eigenvalue weighted by Crippen LogP contribution is 2.57. The maximum absolute atomic E-state index is 16.7. The molecule has 1 unspecified atom stereocenters. The van der Waals surface area contributed by atoms with E-state index >= 15 is 4.39 Å². The molecule has 2 nitrogen and oxygen atoms in total. The summed E-state index contributed by atoms with van der Waals surface area (Å²) in [6.07, 6.45) is 4.62. The van der Waals surface area contributed by atoms with E-state index in [9.17, 15) is 18.3 Å². The molecule has 6 heteroatoms. The average Bonchev–Trinajstić information content (AvgIpc) is 3.30. The fraction of sp³-hybridized carbons (Fsp3) is 0.690. The number of aliphatic hydroxyl groups excluding tert-OH is 1. The average molecular weight is 492 g/mol. The third kappa shape index (κ3) is 4.38. The van der Waals surface area contributed by atoms with Gasteiger partial charge in [0, 0.05) is 28.1 Å². The standard InChI is InChI=1S/C29H37F4NO/c1-16(2)27-25(26(30)20-10-9-19(13-17(20)3)29(31,32)33)23(18-7-4-5-8-18)24-21(34-27)14-28(11-6-12-28)15-22(24)35/h9-10,16-18,22,26,35H,4-8,11-15H2,1-3H3/t17?,22-,26-/m0/s1. The summed E-state index contributed by atoms with van der Waals surface area (Å²) in [5.41, 5.74) is 3.88. The number of hydrogen-bond acceptors (Lipinski definition) is 2. The van der Waals surface area contributed by atoms with Crippen molar-refractivity contribution in [3.8, 4) is 0 Å². The van der Waals surface area contributed by atoms with E-state index < -0.39 is 29.9 Å². The normalized spacial score (nSPS) is 27.5. The molecule has 2 saturated carbocycles. The maximum atomic E-state index is 16.7. The molecule has 1 aromatic rings. The molecule has 192 valence electrons. The van der Waals surface area contributed by atoms with E-state index in [1.807, 2.05) is 13.8 Å². The summed E-state index contributed by atoms with van der Waals surface area (Å²) in [5.74, 6) is -0.406. The van der Waals surface area contributed by atoms with Gasteiger partial charge in [0.15, 0.2) is 0 Å². The molecule has 0 radical (unpaired) electrons. The lowest BCUT2D eigenvalue weighted by atomic mass is 9.59. The van der Waals surface area contributed by atoms with Gasteiger partial charge in [-0.3, -0.25) is 4.98 Å². The van der Waals surface area contributed by atoms with Crippen LogP contribution >= 0.6 is 0 Å². The number of halogens is 4. The number of rotatable bonds is 4. The number of nitrogens with zero attached hydrogens (tertiary/aromatic N) is 1. The summed E-state index contributed by atoms with van der Waals surface area (Å²) in [5, 5.41) is 11.4. The van der Waals surface area contributed by atoms with E-state index in [4.69, 9.17) is 4.98 Å². The molecular formula is C29H37F4NO. The Labute approximate surface area is 205 Å². The van der Waals surface area contributed by atoms with Crippen LogP contribution in [0.1, 0.15) is 131 Å². The quantitative estimate of drug-likeness (QED) is 0.429. The molecule has 2 fully saturated rings. The van der Waals surface area contributed by atoms with Gasteiger partial charge in [-0.25, -0.2) is 4.39 Å². The van der Waals surface area contributed by atoms with Crippen LogP contribution in [0.5, 0.6) is 0 Å². The van der Waals surface area contributed by atoms with Crippen LogP contribution in [-0.2, 0) is 6.42 Å². The Morgan fingerprint density at radius 2 is 1.74 bits per heavy atom. The Kier molecular flexibility index (Phi) is 6.43. The molecular weight excluding hydrogens is 454 g/mol. The Bertz CT molecular complexity index is 1040. The maximum Gasteiger partial charge on any atom is 0.412 e. The highest BCUT2D eigenvalue weighted by Gasteiger charge is 2.47. The van der Waals surface area contributed by atoms with Crippen LogP contribution in [0.3, 0.4) is 0 Å². The topological polar surface area (TPSA) is 33.1 Å². The predicted octanol–water partition coefficient (Wildman–Crippen LogP) is 8.48. The summed E-state index contributed by atoms with van der Waals surface area (Å²) in [7, 11) is 0. The van der Waals surface area contributed by atoms with Gasteiger partial charge in [0.25, 0.3) is 0 Å². The molecule has 1 spiro atoms. The molecule has 4 aliphatic rings. The highest BCUT2D eigenvalue weighted by atomic mass is 19.4. The van der Waals surface area contributed by atoms with Gasteiger partial charge in [0.05, 0.1) is 6.10 Å². The van der Waals surface area contributed by atoms with Gasteiger partial charge < -0.3 is 5.11 Å². The summed E-state index contributed by atoms with van der Waals surface area (Å²) >= 11 is 0. The third-order valence-electron chi connectivity index (χ3n) is 9.13. The van der Waals surface area contributed by atoms with Crippen LogP contribution in [-0.4, -0.2) is 16.3 Å². The molecule has 1 N–H and O–H groups in total. The minimum absolute atomic E-state index is 0.0223. The number of pyridine rings is 1. The predicted molar refractivity (Wildman–Crippen MR) is 129 cm³/mol. The number of alkyl halides is 4. The summed E-state index contributed by atoms with van der Waals surface area (Å²) < 4.78 is 56.6. The summed E-state index contributed by atoms with van der Waals surface area (Å²) in [6.45, 7) is 5.71. The van der Waals surface area contributed by atoms with Gasteiger partial charge in [0.2, 0.25) is 0 Å². The minimum Gasteiger partial charge on any atom is -0.388 e. The van der Waals surface area contributed by atoms with Crippen molar-refractivity contribution in [3.63, 3.8) is 0 Å². The van der Waals surface area contributed by atoms with Crippen LogP contribution in [0.2, 0.25) is 0 Å². The van der Waals surface area contributed by atoms with Gasteiger partial charge in [0.1, 0.15) is 6.17 Å². The van der Waals surface area contributed by atoms with Crippen molar-refractivity contribution < 1.29 is 22.7 Å². The van der Waals surface area contributed by atoms with Gasteiger partial charge >= 0.3 is 6.18 Å². The van der Waals surface area contributed by atoms with Crippen LogP contribution in [0.25, 0.3) is 0 Å². The zero-order valence-electron chi connectivity index (χ0n) is 21.0. The number of aromatic nitrogens is 1. The SMILES string of the molecule is CC1CC(C(F)(F)F)=CC=C1[C@H](F)c1c(C(C)C)nc2c(c1C1CCCC1)[C@@H](O)CC1(CCC1)C2. The highest BCUT2D eigenvalue weighted by molar-refractivity contribution is 5.51. The molecule has 4 aliphatic carbocycles. The lowest BCUT2D eigenvalue weighted by Crippen LogP contribution is -2.39. The molecule has 5 rings (SSSR count). The number of aliphatic hydroxyl groups is 1. The van der Waals surface area contributed by atoms with E-state index in [-0.39, 0.29) is 23.7 Å². The molecule has 0 saturated heterocycles. The summed E-state index contributed by atoms with van der Waals surface area (Å²) in [4.78, 5) is 5.05.